The van der Waals surface area contributed by atoms with E-state index in [2.05, 4.69) is 93.7 Å². The molecule has 0 saturated carbocycles. The van der Waals surface area contributed by atoms with Crippen molar-refractivity contribution in [3.05, 3.63) is 122 Å². The van der Waals surface area contributed by atoms with Crippen LogP contribution in [-0.4, -0.2) is 37.2 Å². The van der Waals surface area contributed by atoms with E-state index in [1.165, 1.54) is 51.4 Å². The van der Waals surface area contributed by atoms with E-state index in [9.17, 15) is 14.4 Å². The molecular formula is C59H94O6. The van der Waals surface area contributed by atoms with E-state index in [1.54, 1.807) is 0 Å². The van der Waals surface area contributed by atoms with E-state index in [1.807, 2.05) is 48.6 Å². The molecule has 0 aromatic heterocycles. The second-order valence-corrected chi connectivity index (χ2v) is 16.8. The topological polar surface area (TPSA) is 78.9 Å². The highest BCUT2D eigenvalue weighted by Crippen LogP contribution is 2.13. The lowest BCUT2D eigenvalue weighted by molar-refractivity contribution is -0.167. The number of hydrogen-bond donors (Lipinski definition) is 0. The smallest absolute Gasteiger partial charge is 0.306 e. The Morgan fingerprint density at radius 3 is 1.06 bits per heavy atom. The minimum absolute atomic E-state index is 0.103. The molecule has 0 amide bonds. The van der Waals surface area contributed by atoms with Crippen molar-refractivity contribution >= 4 is 17.9 Å². The molecule has 65 heavy (non-hydrogen) atoms. The van der Waals surface area contributed by atoms with Crippen LogP contribution in [0.5, 0.6) is 0 Å². The van der Waals surface area contributed by atoms with Crippen molar-refractivity contribution in [3.63, 3.8) is 0 Å². The van der Waals surface area contributed by atoms with Gasteiger partial charge in [0.2, 0.25) is 0 Å². The van der Waals surface area contributed by atoms with Gasteiger partial charge in [0, 0.05) is 19.3 Å². The molecule has 0 aromatic carbocycles. The van der Waals surface area contributed by atoms with Crippen LogP contribution in [0.2, 0.25) is 0 Å². The van der Waals surface area contributed by atoms with Gasteiger partial charge in [-0.25, -0.2) is 0 Å². The summed E-state index contributed by atoms with van der Waals surface area (Å²) < 4.78 is 16.8. The number of rotatable bonds is 45. The van der Waals surface area contributed by atoms with Crippen LogP contribution in [0.4, 0.5) is 0 Å². The zero-order valence-corrected chi connectivity index (χ0v) is 41.7. The molecular weight excluding hydrogens is 805 g/mol. The molecule has 0 radical (unpaired) electrons. The Bertz CT molecular complexity index is 1400. The minimum atomic E-state index is -0.807. The fraction of sp³-hybridized carbons (Fsp3) is 0.610. The van der Waals surface area contributed by atoms with Gasteiger partial charge in [0.1, 0.15) is 13.2 Å². The Balaban J connectivity index is 4.50. The molecule has 6 heteroatoms. The van der Waals surface area contributed by atoms with Crippen LogP contribution in [0, 0.1) is 0 Å². The van der Waals surface area contributed by atoms with Crippen LogP contribution >= 0.6 is 0 Å². The first kappa shape index (κ1) is 60.8. The number of unbranched alkanes of at least 4 members (excludes halogenated alkanes) is 20. The highest BCUT2D eigenvalue weighted by molar-refractivity contribution is 5.71. The molecule has 366 valence electrons. The van der Waals surface area contributed by atoms with Gasteiger partial charge < -0.3 is 14.2 Å². The summed E-state index contributed by atoms with van der Waals surface area (Å²) in [5.41, 5.74) is 0. The Labute approximate surface area is 399 Å². The fourth-order valence-electron chi connectivity index (χ4n) is 6.73. The summed E-state index contributed by atoms with van der Waals surface area (Å²) in [4.78, 5) is 38.0. The van der Waals surface area contributed by atoms with E-state index in [-0.39, 0.29) is 31.1 Å². The van der Waals surface area contributed by atoms with E-state index < -0.39 is 6.10 Å². The molecule has 0 aliphatic heterocycles. The number of hydrogen-bond acceptors (Lipinski definition) is 6. The average Bonchev–Trinajstić information content (AvgIpc) is 3.30. The fourth-order valence-corrected chi connectivity index (χ4v) is 6.73. The van der Waals surface area contributed by atoms with Crippen LogP contribution < -0.4 is 0 Å². The maximum Gasteiger partial charge on any atom is 0.306 e. The summed E-state index contributed by atoms with van der Waals surface area (Å²) in [5.74, 6) is -0.965. The van der Waals surface area contributed by atoms with Gasteiger partial charge in [0.25, 0.3) is 0 Å². The molecule has 0 spiro atoms. The third-order valence-electron chi connectivity index (χ3n) is 10.6. The van der Waals surface area contributed by atoms with E-state index >= 15 is 0 Å². The van der Waals surface area contributed by atoms with Crippen molar-refractivity contribution < 1.29 is 28.6 Å². The highest BCUT2D eigenvalue weighted by atomic mass is 16.6. The van der Waals surface area contributed by atoms with Gasteiger partial charge in [-0.3, -0.25) is 14.4 Å². The van der Waals surface area contributed by atoms with Crippen LogP contribution in [-0.2, 0) is 28.6 Å². The maximum atomic E-state index is 12.8. The molecule has 0 N–H and O–H groups in total. The molecule has 1 unspecified atom stereocenters. The summed E-state index contributed by atoms with van der Waals surface area (Å²) >= 11 is 0. The predicted molar refractivity (Wildman–Crippen MR) is 279 cm³/mol. The predicted octanol–water partition coefficient (Wildman–Crippen LogP) is 17.3. The SMILES string of the molecule is CC\C=C/C=C\C=C/C=C\CCCCCCCC(=O)OCC(COC(=O)CCCCCCCCC/C=C\C/C=C\CCCCC)OC(=O)CCCCCCC\C=C/C=C\C=C/C=C\CC. The molecule has 0 heterocycles. The average molecular weight is 899 g/mol. The zero-order chi connectivity index (χ0) is 47.2. The van der Waals surface area contributed by atoms with Crippen LogP contribution in [0.1, 0.15) is 213 Å². The quantitative estimate of drug-likeness (QED) is 0.0199. The first-order valence-electron chi connectivity index (χ1n) is 26.1. The van der Waals surface area contributed by atoms with Crippen molar-refractivity contribution in [2.45, 2.75) is 219 Å². The first-order valence-corrected chi connectivity index (χ1v) is 26.1. The molecule has 0 bridgehead atoms. The normalized spacial score (nSPS) is 13.1. The zero-order valence-electron chi connectivity index (χ0n) is 41.7. The second-order valence-electron chi connectivity index (χ2n) is 16.8. The first-order chi connectivity index (χ1) is 32.0. The van der Waals surface area contributed by atoms with Gasteiger partial charge in [0.15, 0.2) is 6.10 Å². The summed E-state index contributed by atoms with van der Waals surface area (Å²) in [6, 6.07) is 0. The summed E-state index contributed by atoms with van der Waals surface area (Å²) in [6.07, 6.45) is 71.7. The third kappa shape index (κ3) is 50.7. The third-order valence-corrected chi connectivity index (χ3v) is 10.6. The molecule has 1 atom stereocenters. The van der Waals surface area contributed by atoms with Crippen molar-refractivity contribution in [1.29, 1.82) is 0 Å². The standard InChI is InChI=1S/C59H94O6/c1-4-7-10-13-16-19-22-25-28-29-32-34-37-40-43-46-49-52-58(61)64-55-56(65-59(62)53-50-47-44-41-38-35-31-27-24-21-18-15-12-9-6-3)54-63-57(60)51-48-45-42-39-36-33-30-26-23-20-17-14-11-8-5-2/h8-9,11-12,14-21,23-28,30-31,56H,4-7,10,13,22,29,32-55H2,1-3H3/b11-8-,12-9-,17-14-,18-15-,19-16-,23-20-,24-21-,28-25-,30-26-,31-27-. The van der Waals surface area contributed by atoms with Crippen molar-refractivity contribution in [2.75, 3.05) is 13.2 Å². The van der Waals surface area contributed by atoms with Gasteiger partial charge in [-0.2, -0.15) is 0 Å². The van der Waals surface area contributed by atoms with Gasteiger partial charge in [-0.15, -0.1) is 0 Å². The van der Waals surface area contributed by atoms with Crippen LogP contribution in [0.15, 0.2) is 122 Å². The second kappa shape index (κ2) is 52.4. The summed E-state index contributed by atoms with van der Waals surface area (Å²) in [6.45, 7) is 6.27. The van der Waals surface area contributed by atoms with Crippen molar-refractivity contribution in [3.8, 4) is 0 Å². The lowest BCUT2D eigenvalue weighted by Crippen LogP contribution is -2.30. The van der Waals surface area contributed by atoms with Gasteiger partial charge >= 0.3 is 17.9 Å². The molecule has 0 aromatic rings. The molecule has 0 fully saturated rings. The molecule has 0 aliphatic rings. The minimum Gasteiger partial charge on any atom is -0.462 e. The lowest BCUT2D eigenvalue weighted by Gasteiger charge is -2.18. The lowest BCUT2D eigenvalue weighted by atomic mass is 10.1. The molecule has 0 rings (SSSR count). The van der Waals surface area contributed by atoms with Crippen LogP contribution in [0.25, 0.3) is 0 Å². The number of allylic oxidation sites excluding steroid dienone is 20. The Hall–Kier alpha value is -4.19. The van der Waals surface area contributed by atoms with Gasteiger partial charge in [-0.1, -0.05) is 226 Å². The van der Waals surface area contributed by atoms with E-state index in [0.29, 0.717) is 19.3 Å². The molecule has 0 aliphatic carbocycles. The largest absolute Gasteiger partial charge is 0.462 e. The molecule has 0 saturated heterocycles. The van der Waals surface area contributed by atoms with Crippen LogP contribution in [0.3, 0.4) is 0 Å². The van der Waals surface area contributed by atoms with E-state index in [0.717, 1.165) is 122 Å². The highest BCUT2D eigenvalue weighted by Gasteiger charge is 2.19. The van der Waals surface area contributed by atoms with Crippen molar-refractivity contribution in [2.24, 2.45) is 0 Å². The summed E-state index contributed by atoms with van der Waals surface area (Å²) in [7, 11) is 0. The number of carbonyl (C=O) groups excluding carboxylic acids is 3. The number of esters is 3. The summed E-state index contributed by atoms with van der Waals surface area (Å²) in [5, 5.41) is 0. The molecule has 6 nitrogen and oxygen atoms in total. The Morgan fingerprint density at radius 1 is 0.338 bits per heavy atom. The Kier molecular flexibility index (Phi) is 49.1. The Morgan fingerprint density at radius 2 is 0.662 bits per heavy atom. The van der Waals surface area contributed by atoms with Crippen molar-refractivity contribution in [1.82, 2.24) is 0 Å². The maximum absolute atomic E-state index is 12.8. The van der Waals surface area contributed by atoms with Gasteiger partial charge in [-0.05, 0) is 89.9 Å². The van der Waals surface area contributed by atoms with Gasteiger partial charge in [0.05, 0.1) is 0 Å². The van der Waals surface area contributed by atoms with E-state index in [4.69, 9.17) is 14.2 Å². The number of carbonyl (C=O) groups is 3. The number of ether oxygens (including phenoxy) is 3. The monoisotopic (exact) mass is 899 g/mol.